The molecule has 0 atom stereocenters. The molecule has 0 saturated carbocycles. The van der Waals surface area contributed by atoms with E-state index in [2.05, 4.69) is 0 Å². The Morgan fingerprint density at radius 2 is 1.69 bits per heavy atom. The molecule has 5 nitrogen and oxygen atoms in total. The Hall–Kier alpha value is -3.47. The number of phenols is 1. The Bertz CT molecular complexity index is 1110. The highest BCUT2D eigenvalue weighted by Crippen LogP contribution is 2.42. The number of aromatic nitrogens is 2. The van der Waals surface area contributed by atoms with Crippen molar-refractivity contribution in [3.05, 3.63) is 66.4 Å². The molecule has 3 N–H and O–H groups in total. The molecule has 0 aliphatic heterocycles. The lowest BCUT2D eigenvalue weighted by atomic mass is 9.99. The number of amides is 1. The van der Waals surface area contributed by atoms with E-state index in [1.807, 2.05) is 67.2 Å². The van der Waals surface area contributed by atoms with Crippen LogP contribution in [-0.2, 0) is 7.05 Å². The fourth-order valence-corrected chi connectivity index (χ4v) is 3.62. The van der Waals surface area contributed by atoms with Crippen molar-refractivity contribution in [1.29, 1.82) is 0 Å². The third kappa shape index (κ3) is 2.29. The van der Waals surface area contributed by atoms with E-state index in [9.17, 15) is 9.90 Å². The molecular weight excluding hydrogens is 326 g/mol. The molecule has 0 radical (unpaired) electrons. The summed E-state index contributed by atoms with van der Waals surface area (Å²) in [6, 6.07) is 16.2. The first-order valence-corrected chi connectivity index (χ1v) is 8.34. The zero-order chi connectivity index (χ0) is 18.4. The normalized spacial score (nSPS) is 11.2. The third-order valence-electron chi connectivity index (χ3n) is 4.75. The molecule has 26 heavy (non-hydrogen) atoms. The van der Waals surface area contributed by atoms with Crippen LogP contribution in [0.1, 0.15) is 5.56 Å². The van der Waals surface area contributed by atoms with Crippen LogP contribution in [0.15, 0.2) is 60.8 Å². The second-order valence-electron chi connectivity index (χ2n) is 6.42. The van der Waals surface area contributed by atoms with Crippen LogP contribution in [0.3, 0.4) is 0 Å². The van der Waals surface area contributed by atoms with Gasteiger partial charge in [-0.1, -0.05) is 30.3 Å². The molecule has 0 aliphatic rings. The SMILES string of the molecule is Cc1ccn(C)c1-c1c(-c2ccc(O)cc2)c2ccccc2n1C(N)=O. The van der Waals surface area contributed by atoms with Crippen molar-refractivity contribution < 1.29 is 9.90 Å². The predicted octanol–water partition coefficient (Wildman–Crippen LogP) is 4.25. The molecule has 130 valence electrons. The molecule has 0 fully saturated rings. The van der Waals surface area contributed by atoms with Gasteiger partial charge in [0.2, 0.25) is 0 Å². The minimum absolute atomic E-state index is 0.198. The van der Waals surface area contributed by atoms with Crippen LogP contribution in [0.2, 0.25) is 0 Å². The molecule has 0 spiro atoms. The Kier molecular flexibility index (Phi) is 3.58. The number of rotatable bonds is 2. The molecule has 0 bridgehead atoms. The van der Waals surface area contributed by atoms with E-state index in [0.717, 1.165) is 39.0 Å². The minimum Gasteiger partial charge on any atom is -0.508 e. The van der Waals surface area contributed by atoms with E-state index in [0.29, 0.717) is 0 Å². The molecule has 2 aromatic heterocycles. The number of nitrogens with zero attached hydrogens (tertiary/aromatic N) is 2. The summed E-state index contributed by atoms with van der Waals surface area (Å²) in [5.74, 6) is 0.198. The van der Waals surface area contributed by atoms with Gasteiger partial charge in [-0.25, -0.2) is 4.79 Å². The first-order valence-electron chi connectivity index (χ1n) is 8.34. The Morgan fingerprint density at radius 1 is 1.00 bits per heavy atom. The van der Waals surface area contributed by atoms with Crippen LogP contribution < -0.4 is 5.73 Å². The van der Waals surface area contributed by atoms with Crippen molar-refractivity contribution in [1.82, 2.24) is 9.13 Å². The van der Waals surface area contributed by atoms with Crippen molar-refractivity contribution >= 4 is 16.9 Å². The van der Waals surface area contributed by atoms with Gasteiger partial charge in [0.25, 0.3) is 0 Å². The highest BCUT2D eigenvalue weighted by atomic mass is 16.3. The predicted molar refractivity (Wildman–Crippen MR) is 103 cm³/mol. The van der Waals surface area contributed by atoms with E-state index in [1.165, 1.54) is 0 Å². The van der Waals surface area contributed by atoms with Gasteiger partial charge in [-0.3, -0.25) is 4.57 Å². The summed E-state index contributed by atoms with van der Waals surface area (Å²) in [7, 11) is 1.95. The van der Waals surface area contributed by atoms with Crippen molar-refractivity contribution in [3.8, 4) is 28.3 Å². The zero-order valence-electron chi connectivity index (χ0n) is 14.6. The lowest BCUT2D eigenvalue weighted by Crippen LogP contribution is -2.20. The molecule has 1 amide bonds. The summed E-state index contributed by atoms with van der Waals surface area (Å²) < 4.78 is 3.56. The summed E-state index contributed by atoms with van der Waals surface area (Å²) in [5.41, 5.74) is 11.1. The topological polar surface area (TPSA) is 73.2 Å². The number of aromatic hydroxyl groups is 1. The molecule has 5 heteroatoms. The standard InChI is InChI=1S/C21H19N3O2/c1-13-11-12-23(2)19(13)20-18(14-7-9-15(25)10-8-14)16-5-3-4-6-17(16)24(20)21(22)26/h3-12,25H,1-2H3,(H2,22,26). The molecule has 0 unspecified atom stereocenters. The molecule has 2 heterocycles. The average molecular weight is 345 g/mol. The van der Waals surface area contributed by atoms with Gasteiger partial charge >= 0.3 is 6.03 Å². The smallest absolute Gasteiger partial charge is 0.323 e. The number of carbonyl (C=O) groups is 1. The summed E-state index contributed by atoms with van der Waals surface area (Å²) in [5, 5.41) is 10.6. The van der Waals surface area contributed by atoms with Gasteiger partial charge in [0.15, 0.2) is 0 Å². The number of hydrogen-bond donors (Lipinski definition) is 2. The van der Waals surface area contributed by atoms with E-state index < -0.39 is 6.03 Å². The van der Waals surface area contributed by atoms with Gasteiger partial charge in [0, 0.05) is 24.2 Å². The molecular formula is C21H19N3O2. The number of nitrogens with two attached hydrogens (primary N) is 1. The van der Waals surface area contributed by atoms with Gasteiger partial charge in [-0.15, -0.1) is 0 Å². The largest absolute Gasteiger partial charge is 0.508 e. The first-order chi connectivity index (χ1) is 12.5. The summed E-state index contributed by atoms with van der Waals surface area (Å²) in [4.78, 5) is 12.4. The van der Waals surface area contributed by atoms with Gasteiger partial charge in [-0.05, 0) is 42.3 Å². The van der Waals surface area contributed by atoms with Gasteiger partial charge < -0.3 is 15.4 Å². The van der Waals surface area contributed by atoms with Crippen LogP contribution in [0.25, 0.3) is 33.4 Å². The maximum absolute atomic E-state index is 12.4. The van der Waals surface area contributed by atoms with E-state index in [-0.39, 0.29) is 5.75 Å². The number of hydrogen-bond acceptors (Lipinski definition) is 2. The van der Waals surface area contributed by atoms with Gasteiger partial charge in [0.05, 0.1) is 16.9 Å². The van der Waals surface area contributed by atoms with Gasteiger partial charge in [-0.2, -0.15) is 0 Å². The van der Waals surface area contributed by atoms with Crippen molar-refractivity contribution in [2.45, 2.75) is 6.92 Å². The maximum atomic E-state index is 12.4. The van der Waals surface area contributed by atoms with Crippen molar-refractivity contribution in [2.75, 3.05) is 0 Å². The summed E-state index contributed by atoms with van der Waals surface area (Å²) in [6.45, 7) is 2.01. The molecule has 2 aromatic carbocycles. The number of aryl methyl sites for hydroxylation is 2. The Labute approximate surface area is 150 Å². The molecule has 4 rings (SSSR count). The van der Waals surface area contributed by atoms with Crippen LogP contribution in [0.5, 0.6) is 5.75 Å². The first kappa shape index (κ1) is 16.0. The highest BCUT2D eigenvalue weighted by Gasteiger charge is 2.24. The number of fused-ring (bicyclic) bond motifs is 1. The minimum atomic E-state index is -0.526. The monoisotopic (exact) mass is 345 g/mol. The Balaban J connectivity index is 2.21. The fraction of sp³-hybridized carbons (Fsp3) is 0.0952. The van der Waals surface area contributed by atoms with Crippen LogP contribution in [0, 0.1) is 6.92 Å². The number of para-hydroxylation sites is 1. The van der Waals surface area contributed by atoms with Crippen molar-refractivity contribution in [2.24, 2.45) is 12.8 Å². The van der Waals surface area contributed by atoms with Crippen LogP contribution in [0.4, 0.5) is 4.79 Å². The maximum Gasteiger partial charge on any atom is 0.323 e. The zero-order valence-corrected chi connectivity index (χ0v) is 14.6. The number of phenolic OH excluding ortho intramolecular Hbond substituents is 1. The third-order valence-corrected chi connectivity index (χ3v) is 4.75. The second-order valence-corrected chi connectivity index (χ2v) is 6.42. The number of benzene rings is 2. The highest BCUT2D eigenvalue weighted by molar-refractivity contribution is 6.09. The lowest BCUT2D eigenvalue weighted by molar-refractivity contribution is 0.251. The van der Waals surface area contributed by atoms with Crippen LogP contribution in [-0.4, -0.2) is 20.3 Å². The van der Waals surface area contributed by atoms with E-state index >= 15 is 0 Å². The van der Waals surface area contributed by atoms with Gasteiger partial charge in [0.1, 0.15) is 5.75 Å². The average Bonchev–Trinajstić information content (AvgIpc) is 3.12. The van der Waals surface area contributed by atoms with E-state index in [1.54, 1.807) is 16.7 Å². The number of carbonyl (C=O) groups excluding carboxylic acids is 1. The molecule has 4 aromatic rings. The Morgan fingerprint density at radius 3 is 2.31 bits per heavy atom. The quantitative estimate of drug-likeness (QED) is 0.570. The van der Waals surface area contributed by atoms with E-state index in [4.69, 9.17) is 5.73 Å². The summed E-state index contributed by atoms with van der Waals surface area (Å²) in [6.07, 6.45) is 1.97. The number of primary amides is 1. The second kappa shape index (κ2) is 5.81. The fourth-order valence-electron chi connectivity index (χ4n) is 3.62. The van der Waals surface area contributed by atoms with Crippen molar-refractivity contribution in [3.63, 3.8) is 0 Å². The summed E-state index contributed by atoms with van der Waals surface area (Å²) >= 11 is 0. The molecule has 0 saturated heterocycles. The van der Waals surface area contributed by atoms with Crippen LogP contribution >= 0.6 is 0 Å². The lowest BCUT2D eigenvalue weighted by Gasteiger charge is -2.12. The molecule has 0 aliphatic carbocycles.